The zero-order valence-electron chi connectivity index (χ0n) is 11.7. The Kier molecular flexibility index (Phi) is 4.28. The van der Waals surface area contributed by atoms with Gasteiger partial charge < -0.3 is 9.62 Å². The van der Waals surface area contributed by atoms with Crippen molar-refractivity contribution in [2.75, 3.05) is 0 Å². The summed E-state index contributed by atoms with van der Waals surface area (Å²) in [6.07, 6.45) is 17.0. The third-order valence-corrected chi connectivity index (χ3v) is 3.20. The average Bonchev–Trinajstić information content (AvgIpc) is 2.55. The molecule has 106 valence electrons. The maximum Gasteiger partial charge on any atom is 0.282 e. The first-order valence-corrected chi connectivity index (χ1v) is 6.83. The summed E-state index contributed by atoms with van der Waals surface area (Å²) < 4.78 is 25.2. The van der Waals surface area contributed by atoms with Crippen LogP contribution in [0.15, 0.2) is 96.0 Å². The van der Waals surface area contributed by atoms with Crippen molar-refractivity contribution in [3.05, 3.63) is 96.0 Å². The number of allylic oxidation sites excluding steroid dienone is 10. The fraction of sp³-hybridized carbons (Fsp3) is 0. The van der Waals surface area contributed by atoms with Gasteiger partial charge in [-0.3, -0.25) is 0 Å². The smallest absolute Gasteiger partial charge is 0.282 e. The maximum absolute atomic E-state index is 12.6. The van der Waals surface area contributed by atoms with E-state index in [9.17, 15) is 8.78 Å². The molecule has 0 aromatic carbocycles. The van der Waals surface area contributed by atoms with E-state index in [1.165, 1.54) is 24.6 Å². The molecule has 0 unspecified atom stereocenters. The standard InChI is InChI=1S/2C8H6BFN/c2*10-7-3-4-8-2-1-5-9-11(8)6-7/h2*1-6H. The van der Waals surface area contributed by atoms with Crippen molar-refractivity contribution < 1.29 is 8.78 Å². The molecule has 4 aliphatic heterocycles. The highest BCUT2D eigenvalue weighted by Gasteiger charge is 2.12. The lowest BCUT2D eigenvalue weighted by molar-refractivity contribution is 0.614. The van der Waals surface area contributed by atoms with Gasteiger partial charge in [0.25, 0.3) is 14.8 Å². The van der Waals surface area contributed by atoms with Gasteiger partial charge in [-0.25, -0.2) is 8.78 Å². The van der Waals surface area contributed by atoms with Crippen molar-refractivity contribution in [2.45, 2.75) is 0 Å². The molecule has 22 heavy (non-hydrogen) atoms. The zero-order chi connectivity index (χ0) is 15.4. The van der Waals surface area contributed by atoms with Crippen LogP contribution in [0.5, 0.6) is 0 Å². The fourth-order valence-corrected chi connectivity index (χ4v) is 2.14. The van der Waals surface area contributed by atoms with E-state index in [2.05, 4.69) is 0 Å². The molecular formula is C16H12B2F2N2. The molecule has 0 saturated heterocycles. The second-order valence-electron chi connectivity index (χ2n) is 4.76. The van der Waals surface area contributed by atoms with E-state index >= 15 is 0 Å². The quantitative estimate of drug-likeness (QED) is 0.631. The Morgan fingerprint density at radius 1 is 0.682 bits per heavy atom. The van der Waals surface area contributed by atoms with Crippen LogP contribution < -0.4 is 0 Å². The SMILES string of the molecule is FC1=CN2[B]C=CC=C2C=C1.FC1=CN2[B]C=CC=C2C=C1. The number of nitrogens with zero attached hydrogens (tertiary/aromatic N) is 2. The Balaban J connectivity index is 0.000000131. The molecule has 4 aliphatic rings. The lowest BCUT2D eigenvalue weighted by Crippen LogP contribution is -2.22. The van der Waals surface area contributed by atoms with E-state index in [0.717, 1.165) is 11.4 Å². The van der Waals surface area contributed by atoms with E-state index in [-0.39, 0.29) is 11.7 Å². The van der Waals surface area contributed by atoms with Crippen LogP contribution >= 0.6 is 0 Å². The van der Waals surface area contributed by atoms with Crippen LogP contribution in [0.4, 0.5) is 8.78 Å². The molecule has 6 heteroatoms. The van der Waals surface area contributed by atoms with Gasteiger partial charge in [-0.15, -0.1) is 0 Å². The molecule has 0 N–H and O–H groups in total. The van der Waals surface area contributed by atoms with Gasteiger partial charge in [-0.05, 0) is 36.5 Å². The number of hydrogen-bond acceptors (Lipinski definition) is 2. The van der Waals surface area contributed by atoms with Crippen LogP contribution in [-0.2, 0) is 0 Å². The van der Waals surface area contributed by atoms with Crippen molar-refractivity contribution in [3.8, 4) is 0 Å². The predicted octanol–water partition coefficient (Wildman–Crippen LogP) is 3.40. The van der Waals surface area contributed by atoms with Gasteiger partial charge in [0.1, 0.15) is 11.7 Å². The van der Waals surface area contributed by atoms with Crippen molar-refractivity contribution in [1.82, 2.24) is 9.62 Å². The summed E-state index contributed by atoms with van der Waals surface area (Å²) in [7, 11) is 3.64. The van der Waals surface area contributed by atoms with Crippen molar-refractivity contribution >= 4 is 14.8 Å². The molecule has 0 aromatic rings. The molecule has 4 rings (SSSR count). The van der Waals surface area contributed by atoms with Crippen LogP contribution in [0.25, 0.3) is 0 Å². The normalized spacial score (nSPS) is 20.3. The fourth-order valence-electron chi connectivity index (χ4n) is 2.14. The minimum Gasteiger partial charge on any atom is -0.390 e. The lowest BCUT2D eigenvalue weighted by Gasteiger charge is -2.23. The molecule has 2 nitrogen and oxygen atoms in total. The van der Waals surface area contributed by atoms with Gasteiger partial charge in [-0.1, -0.05) is 24.1 Å². The molecule has 0 aromatic heterocycles. The van der Waals surface area contributed by atoms with Crippen LogP contribution in [-0.4, -0.2) is 24.5 Å². The number of fused-ring (bicyclic) bond motifs is 2. The van der Waals surface area contributed by atoms with Crippen molar-refractivity contribution in [2.24, 2.45) is 0 Å². The average molecular weight is 292 g/mol. The van der Waals surface area contributed by atoms with Crippen LogP contribution in [0.2, 0.25) is 0 Å². The summed E-state index contributed by atoms with van der Waals surface area (Å²) in [5.41, 5.74) is 1.99. The van der Waals surface area contributed by atoms with E-state index in [0.29, 0.717) is 0 Å². The van der Waals surface area contributed by atoms with Crippen LogP contribution in [0.3, 0.4) is 0 Å². The van der Waals surface area contributed by atoms with Gasteiger partial charge in [0.15, 0.2) is 0 Å². The highest BCUT2D eigenvalue weighted by Crippen LogP contribution is 2.19. The first-order valence-electron chi connectivity index (χ1n) is 6.83. The van der Waals surface area contributed by atoms with Crippen LogP contribution in [0.1, 0.15) is 0 Å². The third kappa shape index (κ3) is 3.39. The Morgan fingerprint density at radius 2 is 1.14 bits per heavy atom. The predicted molar refractivity (Wildman–Crippen MR) is 86.3 cm³/mol. The van der Waals surface area contributed by atoms with E-state index in [4.69, 9.17) is 0 Å². The monoisotopic (exact) mass is 292 g/mol. The number of halogens is 2. The lowest BCUT2D eigenvalue weighted by atomic mass is 9.86. The zero-order valence-corrected chi connectivity index (χ0v) is 11.7. The van der Waals surface area contributed by atoms with Gasteiger partial charge >= 0.3 is 0 Å². The van der Waals surface area contributed by atoms with Gasteiger partial charge in [-0.2, -0.15) is 0 Å². The van der Waals surface area contributed by atoms with E-state index < -0.39 is 0 Å². The minimum atomic E-state index is -0.214. The number of rotatable bonds is 0. The third-order valence-electron chi connectivity index (χ3n) is 3.20. The first-order chi connectivity index (χ1) is 10.7. The molecular weight excluding hydrogens is 280 g/mol. The second kappa shape index (κ2) is 6.52. The van der Waals surface area contributed by atoms with E-state index in [1.807, 2.05) is 51.1 Å². The Labute approximate surface area is 130 Å². The van der Waals surface area contributed by atoms with Gasteiger partial charge in [0, 0.05) is 23.8 Å². The molecule has 0 saturated carbocycles. The second-order valence-corrected chi connectivity index (χ2v) is 4.76. The molecule has 0 aliphatic carbocycles. The molecule has 4 heterocycles. The maximum atomic E-state index is 12.6. The highest BCUT2D eigenvalue weighted by atomic mass is 19.1. The van der Waals surface area contributed by atoms with E-state index in [1.54, 1.807) is 21.8 Å². The molecule has 0 fully saturated rings. The van der Waals surface area contributed by atoms with Gasteiger partial charge in [0.2, 0.25) is 0 Å². The summed E-state index contributed by atoms with van der Waals surface area (Å²) in [6, 6.07) is 0. The molecule has 0 bridgehead atoms. The summed E-state index contributed by atoms with van der Waals surface area (Å²) in [6.45, 7) is 0. The van der Waals surface area contributed by atoms with Gasteiger partial charge in [0.05, 0.1) is 0 Å². The summed E-state index contributed by atoms with van der Waals surface area (Å²) in [5, 5.41) is 0. The Hall–Kier alpha value is -2.49. The minimum absolute atomic E-state index is 0.214. The molecule has 2 radical (unpaired) electrons. The Morgan fingerprint density at radius 3 is 1.59 bits per heavy atom. The van der Waals surface area contributed by atoms with Crippen molar-refractivity contribution in [3.63, 3.8) is 0 Å². The summed E-state index contributed by atoms with van der Waals surface area (Å²) in [5.74, 6) is 3.31. The summed E-state index contributed by atoms with van der Waals surface area (Å²) >= 11 is 0. The van der Waals surface area contributed by atoms with Crippen LogP contribution in [0, 0.1) is 0 Å². The number of hydrogen-bond donors (Lipinski definition) is 0. The molecule has 0 amide bonds. The summed E-state index contributed by atoms with van der Waals surface area (Å²) in [4.78, 5) is 3.49. The topological polar surface area (TPSA) is 6.48 Å². The Bertz CT molecular complexity index is 637. The highest BCUT2D eigenvalue weighted by molar-refractivity contribution is 6.40. The largest absolute Gasteiger partial charge is 0.390 e. The van der Waals surface area contributed by atoms with Crippen molar-refractivity contribution in [1.29, 1.82) is 0 Å². The molecule has 0 spiro atoms. The molecule has 0 atom stereocenters. The first kappa shape index (κ1) is 14.4.